The van der Waals surface area contributed by atoms with E-state index in [1.165, 1.54) is 24.5 Å². The molecule has 1 saturated heterocycles. The summed E-state index contributed by atoms with van der Waals surface area (Å²) in [5.74, 6) is -0.711. The van der Waals surface area contributed by atoms with Crippen molar-refractivity contribution in [1.82, 2.24) is 10.6 Å². The van der Waals surface area contributed by atoms with E-state index in [0.29, 0.717) is 43.9 Å². The Morgan fingerprint density at radius 1 is 0.970 bits per heavy atom. The summed E-state index contributed by atoms with van der Waals surface area (Å²) in [7, 11) is 0. The molecule has 1 fully saturated rings. The minimum absolute atomic E-state index is 0.0696. The minimum Gasteiger partial charge on any atom is -0.465 e. The molecule has 170 valence electrons. The predicted octanol–water partition coefficient (Wildman–Crippen LogP) is 4.05. The number of nitrogens with one attached hydrogen (secondary N) is 2. The van der Waals surface area contributed by atoms with Crippen molar-refractivity contribution in [2.75, 3.05) is 19.8 Å². The Kier molecular flexibility index (Phi) is 7.00. The van der Waals surface area contributed by atoms with Crippen molar-refractivity contribution in [3.05, 3.63) is 101 Å². The fourth-order valence-electron chi connectivity index (χ4n) is 3.94. The van der Waals surface area contributed by atoms with Crippen LogP contribution < -0.4 is 10.6 Å². The van der Waals surface area contributed by atoms with Gasteiger partial charge in [-0.25, -0.2) is 4.39 Å². The molecule has 0 saturated carbocycles. The highest BCUT2D eigenvalue weighted by molar-refractivity contribution is 6.05. The van der Waals surface area contributed by atoms with Gasteiger partial charge in [0.1, 0.15) is 17.3 Å². The quantitative estimate of drug-likeness (QED) is 0.535. The van der Waals surface area contributed by atoms with Gasteiger partial charge in [0.25, 0.3) is 11.8 Å². The van der Waals surface area contributed by atoms with E-state index >= 15 is 0 Å². The molecular weight excluding hydrogens is 423 g/mol. The van der Waals surface area contributed by atoms with Gasteiger partial charge in [-0.15, -0.1) is 0 Å². The van der Waals surface area contributed by atoms with Crippen molar-refractivity contribution in [2.45, 2.75) is 18.3 Å². The maximum atomic E-state index is 13.5. The Morgan fingerprint density at radius 2 is 1.70 bits per heavy atom. The summed E-state index contributed by atoms with van der Waals surface area (Å²) in [6.45, 7) is 1.41. The molecule has 0 atom stereocenters. The Bertz CT molecular complexity index is 1100. The second-order valence-electron chi connectivity index (χ2n) is 7.98. The summed E-state index contributed by atoms with van der Waals surface area (Å²) in [6, 6.07) is 18.4. The van der Waals surface area contributed by atoms with Crippen molar-refractivity contribution >= 4 is 17.9 Å². The van der Waals surface area contributed by atoms with E-state index in [4.69, 9.17) is 9.15 Å². The lowest BCUT2D eigenvalue weighted by Gasteiger charge is -2.38. The number of carbonyl (C=O) groups excluding carboxylic acids is 2. The molecule has 3 aromatic rings. The van der Waals surface area contributed by atoms with Crippen LogP contribution in [0.1, 0.15) is 34.5 Å². The zero-order valence-corrected chi connectivity index (χ0v) is 18.1. The van der Waals surface area contributed by atoms with Gasteiger partial charge in [0, 0.05) is 36.8 Å². The van der Waals surface area contributed by atoms with Crippen LogP contribution in [0.2, 0.25) is 0 Å². The first-order valence-corrected chi connectivity index (χ1v) is 10.8. The average molecular weight is 448 g/mol. The molecule has 1 aliphatic rings. The van der Waals surface area contributed by atoms with Crippen LogP contribution in [0.15, 0.2) is 83.1 Å². The number of furan rings is 1. The van der Waals surface area contributed by atoms with Gasteiger partial charge in [-0.2, -0.15) is 0 Å². The van der Waals surface area contributed by atoms with Crippen LogP contribution in [0.3, 0.4) is 0 Å². The van der Waals surface area contributed by atoms with E-state index < -0.39 is 11.8 Å². The van der Waals surface area contributed by atoms with Gasteiger partial charge in [0.15, 0.2) is 0 Å². The molecule has 0 radical (unpaired) electrons. The Hall–Kier alpha value is -3.71. The zero-order valence-electron chi connectivity index (χ0n) is 18.1. The summed E-state index contributed by atoms with van der Waals surface area (Å²) in [6.07, 6.45) is 4.36. The first-order valence-electron chi connectivity index (χ1n) is 10.8. The van der Waals surface area contributed by atoms with Gasteiger partial charge in [-0.3, -0.25) is 9.59 Å². The van der Waals surface area contributed by atoms with E-state index in [9.17, 15) is 14.0 Å². The fourth-order valence-corrected chi connectivity index (χ4v) is 3.94. The number of ether oxygens (including phenoxy) is 1. The molecule has 0 bridgehead atoms. The number of rotatable bonds is 7. The molecule has 2 N–H and O–H groups in total. The first-order chi connectivity index (χ1) is 16.1. The third-order valence-electron chi connectivity index (χ3n) is 5.85. The molecule has 4 rings (SSSR count). The molecule has 0 aliphatic carbocycles. The van der Waals surface area contributed by atoms with Gasteiger partial charge in [-0.05, 0) is 54.8 Å². The van der Waals surface area contributed by atoms with Gasteiger partial charge in [0.2, 0.25) is 0 Å². The highest BCUT2D eigenvalue weighted by atomic mass is 19.1. The fraction of sp³-hybridized carbons (Fsp3) is 0.231. The molecule has 0 spiro atoms. The number of halogens is 1. The molecular formula is C26H25FN2O4. The molecule has 2 aromatic carbocycles. The van der Waals surface area contributed by atoms with Crippen LogP contribution in [0.4, 0.5) is 4.39 Å². The minimum atomic E-state index is -0.441. The smallest absolute Gasteiger partial charge is 0.267 e. The normalized spacial score (nSPS) is 15.6. The Labute approximate surface area is 191 Å². The SMILES string of the molecule is O=C(NCC1(c2ccc(F)cc2)CCOCC1)C(=Cc1ccco1)NC(=O)c1ccccc1. The van der Waals surface area contributed by atoms with Gasteiger partial charge in [0.05, 0.1) is 6.26 Å². The lowest BCUT2D eigenvalue weighted by Crippen LogP contribution is -2.46. The zero-order chi connectivity index (χ0) is 23.1. The maximum Gasteiger partial charge on any atom is 0.267 e. The van der Waals surface area contributed by atoms with Crippen molar-refractivity contribution in [3.8, 4) is 0 Å². The molecule has 2 amide bonds. The highest BCUT2D eigenvalue weighted by Crippen LogP contribution is 2.34. The van der Waals surface area contributed by atoms with Gasteiger partial charge < -0.3 is 19.8 Å². The van der Waals surface area contributed by atoms with E-state index in [1.54, 1.807) is 48.5 Å². The summed E-state index contributed by atoms with van der Waals surface area (Å²) >= 11 is 0. The van der Waals surface area contributed by atoms with Crippen LogP contribution in [0, 0.1) is 5.82 Å². The third kappa shape index (κ3) is 5.56. The largest absolute Gasteiger partial charge is 0.465 e. The number of hydrogen-bond acceptors (Lipinski definition) is 4. The van der Waals surface area contributed by atoms with Crippen LogP contribution in [-0.4, -0.2) is 31.6 Å². The van der Waals surface area contributed by atoms with Crippen molar-refractivity contribution in [3.63, 3.8) is 0 Å². The summed E-state index contributed by atoms with van der Waals surface area (Å²) in [5, 5.41) is 5.66. The monoisotopic (exact) mass is 448 g/mol. The standard InChI is InChI=1S/C26H25FN2O4/c27-21-10-8-20(9-11-21)26(12-15-32-16-13-26)18-28-25(31)23(17-22-7-4-14-33-22)29-24(30)19-5-2-1-3-6-19/h1-11,14,17H,12-13,15-16,18H2,(H,28,31)(H,29,30). The number of amides is 2. The van der Waals surface area contributed by atoms with Crippen LogP contribution in [0.5, 0.6) is 0 Å². The lowest BCUT2D eigenvalue weighted by atomic mass is 9.74. The Balaban J connectivity index is 1.54. The van der Waals surface area contributed by atoms with Crippen molar-refractivity contribution < 1.29 is 23.1 Å². The van der Waals surface area contributed by atoms with Crippen LogP contribution >= 0.6 is 0 Å². The number of hydrogen-bond donors (Lipinski definition) is 2. The molecule has 6 nitrogen and oxygen atoms in total. The van der Waals surface area contributed by atoms with Crippen molar-refractivity contribution in [2.24, 2.45) is 0 Å². The molecule has 0 unspecified atom stereocenters. The summed E-state index contributed by atoms with van der Waals surface area (Å²) < 4.78 is 24.4. The molecule has 2 heterocycles. The van der Waals surface area contributed by atoms with E-state index in [2.05, 4.69) is 10.6 Å². The maximum absolute atomic E-state index is 13.5. The lowest BCUT2D eigenvalue weighted by molar-refractivity contribution is -0.118. The second kappa shape index (κ2) is 10.3. The van der Waals surface area contributed by atoms with Gasteiger partial charge >= 0.3 is 0 Å². The first kappa shape index (κ1) is 22.5. The second-order valence-corrected chi connectivity index (χ2v) is 7.98. The van der Waals surface area contributed by atoms with Crippen molar-refractivity contribution in [1.29, 1.82) is 0 Å². The Morgan fingerprint density at radius 3 is 2.36 bits per heavy atom. The summed E-state index contributed by atoms with van der Waals surface area (Å²) in [5.41, 5.74) is 1.06. The van der Waals surface area contributed by atoms with E-state index in [1.807, 2.05) is 6.07 Å². The van der Waals surface area contributed by atoms with E-state index in [-0.39, 0.29) is 16.9 Å². The van der Waals surface area contributed by atoms with Gasteiger partial charge in [-0.1, -0.05) is 30.3 Å². The average Bonchev–Trinajstić information content (AvgIpc) is 3.37. The molecule has 7 heteroatoms. The predicted molar refractivity (Wildman–Crippen MR) is 122 cm³/mol. The molecule has 1 aromatic heterocycles. The summed E-state index contributed by atoms with van der Waals surface area (Å²) in [4.78, 5) is 25.9. The van der Waals surface area contributed by atoms with E-state index in [0.717, 1.165) is 5.56 Å². The highest BCUT2D eigenvalue weighted by Gasteiger charge is 2.35. The number of carbonyl (C=O) groups is 2. The topological polar surface area (TPSA) is 80.6 Å². The third-order valence-corrected chi connectivity index (χ3v) is 5.85. The molecule has 33 heavy (non-hydrogen) atoms. The molecule has 1 aliphatic heterocycles. The van der Waals surface area contributed by atoms with Crippen LogP contribution in [0.25, 0.3) is 6.08 Å². The van der Waals surface area contributed by atoms with Crippen LogP contribution in [-0.2, 0) is 14.9 Å². The number of benzene rings is 2.